The first-order valence-electron chi connectivity index (χ1n) is 5.01. The SMILES string of the molecule is CNCCC#Cc1cnc(OC)c([N+](=O)[O-])c1. The Morgan fingerprint density at radius 2 is 2.41 bits per heavy atom. The molecule has 1 rings (SSSR count). The number of nitro groups is 1. The minimum atomic E-state index is -0.537. The Kier molecular flexibility index (Phi) is 4.91. The number of nitrogens with zero attached hydrogens (tertiary/aromatic N) is 2. The first-order valence-corrected chi connectivity index (χ1v) is 5.01. The van der Waals surface area contributed by atoms with Crippen LogP contribution in [0.3, 0.4) is 0 Å². The molecule has 0 saturated heterocycles. The third kappa shape index (κ3) is 3.74. The van der Waals surface area contributed by atoms with Crippen molar-refractivity contribution in [1.82, 2.24) is 10.3 Å². The fourth-order valence-corrected chi connectivity index (χ4v) is 1.15. The number of hydrogen-bond donors (Lipinski definition) is 1. The van der Waals surface area contributed by atoms with Crippen LogP contribution in [0.25, 0.3) is 0 Å². The zero-order chi connectivity index (χ0) is 12.7. The average Bonchev–Trinajstić information content (AvgIpc) is 2.34. The highest BCUT2D eigenvalue weighted by atomic mass is 16.6. The molecule has 17 heavy (non-hydrogen) atoms. The largest absolute Gasteiger partial charge is 0.476 e. The summed E-state index contributed by atoms with van der Waals surface area (Å²) in [6, 6.07) is 1.36. The third-order valence-corrected chi connectivity index (χ3v) is 1.96. The van der Waals surface area contributed by atoms with Gasteiger partial charge in [0.15, 0.2) is 0 Å². The van der Waals surface area contributed by atoms with Crippen LogP contribution in [0.4, 0.5) is 5.69 Å². The lowest BCUT2D eigenvalue weighted by atomic mass is 10.2. The molecule has 6 heteroatoms. The van der Waals surface area contributed by atoms with Gasteiger partial charge in [-0.2, -0.15) is 0 Å². The van der Waals surface area contributed by atoms with Crippen LogP contribution in [0.5, 0.6) is 5.88 Å². The van der Waals surface area contributed by atoms with Gasteiger partial charge in [-0.15, -0.1) is 0 Å². The molecule has 0 radical (unpaired) electrons. The van der Waals surface area contributed by atoms with Gasteiger partial charge in [0.25, 0.3) is 5.88 Å². The van der Waals surface area contributed by atoms with E-state index < -0.39 is 4.92 Å². The number of rotatable bonds is 4. The van der Waals surface area contributed by atoms with Gasteiger partial charge in [-0.05, 0) is 7.05 Å². The van der Waals surface area contributed by atoms with E-state index in [0.717, 1.165) is 6.54 Å². The molecule has 0 bridgehead atoms. The maximum atomic E-state index is 10.7. The topological polar surface area (TPSA) is 77.3 Å². The summed E-state index contributed by atoms with van der Waals surface area (Å²) in [5.41, 5.74) is 0.335. The van der Waals surface area contributed by atoms with Gasteiger partial charge in [0, 0.05) is 30.8 Å². The van der Waals surface area contributed by atoms with Crippen LogP contribution in [0.1, 0.15) is 12.0 Å². The van der Waals surface area contributed by atoms with Crippen molar-refractivity contribution in [3.8, 4) is 17.7 Å². The van der Waals surface area contributed by atoms with Gasteiger partial charge >= 0.3 is 5.69 Å². The van der Waals surface area contributed by atoms with Crippen LogP contribution >= 0.6 is 0 Å². The third-order valence-electron chi connectivity index (χ3n) is 1.96. The molecule has 0 aliphatic heterocycles. The fourth-order valence-electron chi connectivity index (χ4n) is 1.15. The lowest BCUT2D eigenvalue weighted by molar-refractivity contribution is -0.386. The van der Waals surface area contributed by atoms with Gasteiger partial charge < -0.3 is 10.1 Å². The van der Waals surface area contributed by atoms with Gasteiger partial charge in [0.1, 0.15) is 0 Å². The number of aromatic nitrogens is 1. The summed E-state index contributed by atoms with van der Waals surface area (Å²) in [6.07, 6.45) is 2.13. The second kappa shape index (κ2) is 6.45. The highest BCUT2D eigenvalue weighted by molar-refractivity contribution is 5.47. The molecule has 0 atom stereocenters. The van der Waals surface area contributed by atoms with Gasteiger partial charge in [-0.25, -0.2) is 4.98 Å². The molecule has 0 fully saturated rings. The van der Waals surface area contributed by atoms with Gasteiger partial charge in [-0.1, -0.05) is 11.8 Å². The predicted octanol–water partition coefficient (Wildman–Crippen LogP) is 0.959. The number of pyridine rings is 1. The molecule has 0 aliphatic carbocycles. The quantitative estimate of drug-likeness (QED) is 0.364. The van der Waals surface area contributed by atoms with E-state index in [1.807, 2.05) is 7.05 Å². The Morgan fingerprint density at radius 1 is 1.65 bits per heavy atom. The standard InChI is InChI=1S/C11H13N3O3/c1-12-6-4-3-5-9-7-10(14(15)16)11(17-2)13-8-9/h7-8,12H,4,6H2,1-2H3. The first kappa shape index (κ1) is 12.9. The lowest BCUT2D eigenvalue weighted by Gasteiger charge is -1.99. The van der Waals surface area contributed by atoms with Gasteiger partial charge in [0.05, 0.1) is 12.0 Å². The van der Waals surface area contributed by atoms with Gasteiger partial charge in [0.2, 0.25) is 0 Å². The van der Waals surface area contributed by atoms with Crippen molar-refractivity contribution in [3.05, 3.63) is 27.9 Å². The van der Waals surface area contributed by atoms with Gasteiger partial charge in [-0.3, -0.25) is 10.1 Å². The van der Waals surface area contributed by atoms with Crippen molar-refractivity contribution in [2.45, 2.75) is 6.42 Å². The predicted molar refractivity (Wildman–Crippen MR) is 62.9 cm³/mol. The van der Waals surface area contributed by atoms with Crippen LogP contribution in [-0.4, -0.2) is 30.6 Å². The maximum Gasteiger partial charge on any atom is 0.332 e. The molecule has 90 valence electrons. The van der Waals surface area contributed by atoms with E-state index in [9.17, 15) is 10.1 Å². The Morgan fingerprint density at radius 3 is 3.00 bits per heavy atom. The number of methoxy groups -OCH3 is 1. The Balaban J connectivity index is 2.91. The van der Waals surface area contributed by atoms with Crippen molar-refractivity contribution in [2.24, 2.45) is 0 Å². The molecular formula is C11H13N3O3. The summed E-state index contributed by atoms with van der Waals surface area (Å²) in [5, 5.41) is 13.7. The van der Waals surface area contributed by atoms with Crippen molar-refractivity contribution in [1.29, 1.82) is 0 Å². The molecule has 0 aromatic carbocycles. The van der Waals surface area contributed by atoms with E-state index >= 15 is 0 Å². The molecule has 1 aromatic rings. The Hall–Kier alpha value is -2.13. The van der Waals surface area contributed by atoms with E-state index in [4.69, 9.17) is 4.74 Å². The summed E-state index contributed by atoms with van der Waals surface area (Å²) in [7, 11) is 3.18. The second-order valence-corrected chi connectivity index (χ2v) is 3.16. The summed E-state index contributed by atoms with van der Waals surface area (Å²) in [6.45, 7) is 0.776. The monoisotopic (exact) mass is 235 g/mol. The summed E-state index contributed by atoms with van der Waals surface area (Å²) in [5.74, 6) is 5.70. The molecule has 0 unspecified atom stereocenters. The van der Waals surface area contributed by atoms with Crippen molar-refractivity contribution >= 4 is 5.69 Å². The molecule has 1 heterocycles. The average molecular weight is 235 g/mol. The molecule has 1 N–H and O–H groups in total. The van der Waals surface area contributed by atoms with Crippen LogP contribution in [0.2, 0.25) is 0 Å². The minimum absolute atomic E-state index is 0.00391. The zero-order valence-electron chi connectivity index (χ0n) is 9.69. The van der Waals surface area contributed by atoms with Crippen LogP contribution in [0, 0.1) is 22.0 Å². The zero-order valence-corrected chi connectivity index (χ0v) is 9.69. The summed E-state index contributed by atoms with van der Waals surface area (Å²) >= 11 is 0. The Labute approximate surface area is 99.2 Å². The highest BCUT2D eigenvalue weighted by Gasteiger charge is 2.16. The fraction of sp³-hybridized carbons (Fsp3) is 0.364. The first-order chi connectivity index (χ1) is 8.19. The van der Waals surface area contributed by atoms with Crippen LogP contribution < -0.4 is 10.1 Å². The van der Waals surface area contributed by atoms with E-state index in [2.05, 4.69) is 22.1 Å². The molecule has 6 nitrogen and oxygen atoms in total. The van der Waals surface area contributed by atoms with Crippen molar-refractivity contribution < 1.29 is 9.66 Å². The van der Waals surface area contributed by atoms with Crippen molar-refractivity contribution in [2.75, 3.05) is 20.7 Å². The Bertz CT molecular complexity index is 463. The molecule has 0 saturated carbocycles. The number of hydrogen-bond acceptors (Lipinski definition) is 5. The van der Waals surface area contributed by atoms with E-state index in [-0.39, 0.29) is 11.6 Å². The normalized spacial score (nSPS) is 9.29. The second-order valence-electron chi connectivity index (χ2n) is 3.16. The summed E-state index contributed by atoms with van der Waals surface area (Å²) < 4.78 is 4.79. The maximum absolute atomic E-state index is 10.7. The number of nitrogens with one attached hydrogen (secondary N) is 1. The van der Waals surface area contributed by atoms with E-state index in [1.165, 1.54) is 19.4 Å². The molecular weight excluding hydrogens is 222 g/mol. The van der Waals surface area contributed by atoms with E-state index in [1.54, 1.807) is 0 Å². The smallest absolute Gasteiger partial charge is 0.332 e. The minimum Gasteiger partial charge on any atom is -0.476 e. The molecule has 0 spiro atoms. The highest BCUT2D eigenvalue weighted by Crippen LogP contribution is 2.23. The van der Waals surface area contributed by atoms with Crippen molar-refractivity contribution in [3.63, 3.8) is 0 Å². The van der Waals surface area contributed by atoms with E-state index in [0.29, 0.717) is 12.0 Å². The lowest BCUT2D eigenvalue weighted by Crippen LogP contribution is -2.05. The molecule has 0 aliphatic rings. The molecule has 0 amide bonds. The van der Waals surface area contributed by atoms with Crippen LogP contribution in [0.15, 0.2) is 12.3 Å². The summed E-state index contributed by atoms with van der Waals surface area (Å²) in [4.78, 5) is 14.0. The molecule has 1 aromatic heterocycles. The van der Waals surface area contributed by atoms with Crippen LogP contribution in [-0.2, 0) is 0 Å². The number of ether oxygens (including phenoxy) is 1.